The van der Waals surface area contributed by atoms with Crippen LogP contribution in [-0.4, -0.2) is 40.0 Å². The van der Waals surface area contributed by atoms with Gasteiger partial charge < -0.3 is 20.1 Å². The maximum atomic E-state index is 12.5. The summed E-state index contributed by atoms with van der Waals surface area (Å²) in [5.41, 5.74) is 1.31. The van der Waals surface area contributed by atoms with E-state index in [4.69, 9.17) is 9.47 Å². The number of nitrogens with one attached hydrogen (secondary N) is 3. The van der Waals surface area contributed by atoms with E-state index in [1.807, 2.05) is 0 Å². The number of anilines is 2. The van der Waals surface area contributed by atoms with Gasteiger partial charge in [0.1, 0.15) is 13.2 Å². The normalized spacial score (nSPS) is 12.8. The summed E-state index contributed by atoms with van der Waals surface area (Å²) in [6.07, 6.45) is 2.30. The highest BCUT2D eigenvalue weighted by molar-refractivity contribution is 7.89. The molecule has 0 bridgehead atoms. The van der Waals surface area contributed by atoms with Crippen LogP contribution in [0.25, 0.3) is 0 Å². The van der Waals surface area contributed by atoms with Crippen molar-refractivity contribution in [1.29, 1.82) is 0 Å². The smallest absolute Gasteiger partial charge is 0.240 e. The topological polar surface area (TPSA) is 123 Å². The van der Waals surface area contributed by atoms with E-state index in [1.165, 1.54) is 19.1 Å². The van der Waals surface area contributed by atoms with Crippen LogP contribution >= 0.6 is 0 Å². The number of ether oxygens (including phenoxy) is 2. The first-order valence-corrected chi connectivity index (χ1v) is 11.9. The molecule has 1 aliphatic heterocycles. The lowest BCUT2D eigenvalue weighted by Crippen LogP contribution is -2.25. The highest BCUT2D eigenvalue weighted by Gasteiger charge is 2.18. The number of benzene rings is 2. The fraction of sp³-hybridized carbons (Fsp3) is 0.364. The lowest BCUT2D eigenvalue weighted by molar-refractivity contribution is -0.116. The van der Waals surface area contributed by atoms with Gasteiger partial charge in [0.05, 0.1) is 4.90 Å². The molecule has 1 aliphatic rings. The molecule has 0 aromatic heterocycles. The van der Waals surface area contributed by atoms with E-state index in [1.54, 1.807) is 30.3 Å². The summed E-state index contributed by atoms with van der Waals surface area (Å²) < 4.78 is 38.3. The summed E-state index contributed by atoms with van der Waals surface area (Å²) in [4.78, 5) is 23.2. The Morgan fingerprint density at radius 2 is 1.53 bits per heavy atom. The molecule has 9 nitrogen and oxygen atoms in total. The van der Waals surface area contributed by atoms with E-state index in [0.29, 0.717) is 61.8 Å². The third kappa shape index (κ3) is 6.96. The predicted molar refractivity (Wildman–Crippen MR) is 120 cm³/mol. The molecule has 0 saturated carbocycles. The lowest BCUT2D eigenvalue weighted by atomic mass is 10.2. The zero-order valence-electron chi connectivity index (χ0n) is 17.8. The fourth-order valence-corrected chi connectivity index (χ4v) is 4.22. The van der Waals surface area contributed by atoms with Crippen molar-refractivity contribution >= 4 is 33.2 Å². The van der Waals surface area contributed by atoms with Gasteiger partial charge in [-0.1, -0.05) is 6.42 Å². The van der Waals surface area contributed by atoms with E-state index in [0.717, 1.165) is 0 Å². The van der Waals surface area contributed by atoms with Crippen LogP contribution in [0.4, 0.5) is 11.4 Å². The van der Waals surface area contributed by atoms with Crippen LogP contribution in [0.2, 0.25) is 0 Å². The maximum Gasteiger partial charge on any atom is 0.240 e. The van der Waals surface area contributed by atoms with Gasteiger partial charge in [-0.3, -0.25) is 9.59 Å². The molecule has 0 radical (unpaired) electrons. The molecular weight excluding hydrogens is 434 g/mol. The Kier molecular flexibility index (Phi) is 8.07. The average molecular weight is 462 g/mol. The number of hydrogen-bond acceptors (Lipinski definition) is 6. The van der Waals surface area contributed by atoms with Crippen LogP contribution in [0.3, 0.4) is 0 Å². The van der Waals surface area contributed by atoms with Gasteiger partial charge in [0.25, 0.3) is 0 Å². The second kappa shape index (κ2) is 11.0. The molecule has 0 unspecified atom stereocenters. The van der Waals surface area contributed by atoms with Crippen molar-refractivity contribution in [2.24, 2.45) is 0 Å². The molecule has 2 aromatic carbocycles. The van der Waals surface area contributed by atoms with Crippen molar-refractivity contribution in [3.63, 3.8) is 0 Å². The molecule has 10 heteroatoms. The van der Waals surface area contributed by atoms with Gasteiger partial charge in [0.15, 0.2) is 11.5 Å². The first-order valence-electron chi connectivity index (χ1n) is 10.4. The number of hydrogen-bond donors (Lipinski definition) is 3. The third-order valence-corrected chi connectivity index (χ3v) is 6.14. The molecule has 2 amide bonds. The van der Waals surface area contributed by atoms with Gasteiger partial charge in [0.2, 0.25) is 21.8 Å². The van der Waals surface area contributed by atoms with E-state index >= 15 is 0 Å². The summed E-state index contributed by atoms with van der Waals surface area (Å²) in [7, 11) is -3.64. The van der Waals surface area contributed by atoms with Crippen molar-refractivity contribution in [1.82, 2.24) is 4.72 Å². The maximum absolute atomic E-state index is 12.5. The zero-order valence-corrected chi connectivity index (χ0v) is 18.7. The molecule has 1 heterocycles. The molecule has 2 aromatic rings. The summed E-state index contributed by atoms with van der Waals surface area (Å²) in [6.45, 7) is 2.54. The molecule has 3 rings (SSSR count). The highest BCUT2D eigenvalue weighted by Crippen LogP contribution is 2.32. The lowest BCUT2D eigenvalue weighted by Gasteiger charge is -2.18. The first-order chi connectivity index (χ1) is 15.3. The average Bonchev–Trinajstić information content (AvgIpc) is 2.77. The number of carbonyl (C=O) groups is 2. The summed E-state index contributed by atoms with van der Waals surface area (Å²) >= 11 is 0. The minimum absolute atomic E-state index is 0.117. The Morgan fingerprint density at radius 3 is 2.22 bits per heavy atom. The number of rotatable bonds is 10. The van der Waals surface area contributed by atoms with Crippen LogP contribution < -0.4 is 24.8 Å². The van der Waals surface area contributed by atoms with Gasteiger partial charge in [0, 0.05) is 37.3 Å². The van der Waals surface area contributed by atoms with Crippen LogP contribution in [0.15, 0.2) is 47.4 Å². The Labute approximate surface area is 187 Å². The zero-order chi connectivity index (χ0) is 23.0. The number of unbranched alkanes of at least 4 members (excludes halogenated alkanes) is 2. The van der Waals surface area contributed by atoms with Crippen LogP contribution in [-0.2, 0) is 19.6 Å². The van der Waals surface area contributed by atoms with E-state index in [2.05, 4.69) is 15.4 Å². The van der Waals surface area contributed by atoms with E-state index in [-0.39, 0.29) is 23.3 Å². The molecule has 0 spiro atoms. The fourth-order valence-electron chi connectivity index (χ4n) is 3.13. The minimum atomic E-state index is -3.64. The Balaban J connectivity index is 1.34. The molecule has 0 fully saturated rings. The van der Waals surface area contributed by atoms with Crippen molar-refractivity contribution in [2.75, 3.05) is 30.4 Å². The number of fused-ring (bicyclic) bond motifs is 1. The standard InChI is InChI=1S/C22H27N3O6S/c1-16(26)24-17-6-8-18(9-7-17)25-22(27)5-3-2-4-12-23-32(28,29)19-10-11-20-21(15-19)31-14-13-30-20/h6-11,15,23H,2-5,12-14H2,1H3,(H,24,26)(H,25,27). The van der Waals surface area contributed by atoms with Gasteiger partial charge in [-0.2, -0.15) is 0 Å². The van der Waals surface area contributed by atoms with Crippen molar-refractivity contribution in [3.05, 3.63) is 42.5 Å². The molecular formula is C22H27N3O6S. The van der Waals surface area contributed by atoms with Crippen LogP contribution in [0.1, 0.15) is 32.6 Å². The van der Waals surface area contributed by atoms with Gasteiger partial charge in [-0.25, -0.2) is 13.1 Å². The molecule has 0 atom stereocenters. The predicted octanol–water partition coefficient (Wildman–Crippen LogP) is 2.89. The molecule has 0 saturated heterocycles. The van der Waals surface area contributed by atoms with Crippen molar-refractivity contribution < 1.29 is 27.5 Å². The second-order valence-electron chi connectivity index (χ2n) is 7.32. The number of carbonyl (C=O) groups excluding carboxylic acids is 2. The Hall–Kier alpha value is -3.11. The molecule has 3 N–H and O–H groups in total. The molecule has 0 aliphatic carbocycles. The van der Waals surface area contributed by atoms with Gasteiger partial charge in [-0.05, 0) is 49.2 Å². The Morgan fingerprint density at radius 1 is 0.875 bits per heavy atom. The van der Waals surface area contributed by atoms with Gasteiger partial charge in [-0.15, -0.1) is 0 Å². The largest absolute Gasteiger partial charge is 0.486 e. The van der Waals surface area contributed by atoms with Gasteiger partial charge >= 0.3 is 0 Å². The summed E-state index contributed by atoms with van der Waals surface area (Å²) in [6, 6.07) is 11.4. The monoisotopic (exact) mass is 461 g/mol. The SMILES string of the molecule is CC(=O)Nc1ccc(NC(=O)CCCCCNS(=O)(=O)c2ccc3c(c2)OCCO3)cc1. The molecule has 172 valence electrons. The summed E-state index contributed by atoms with van der Waals surface area (Å²) in [5, 5.41) is 5.46. The second-order valence-corrected chi connectivity index (χ2v) is 9.09. The highest BCUT2D eigenvalue weighted by atomic mass is 32.2. The van der Waals surface area contributed by atoms with E-state index < -0.39 is 10.0 Å². The number of sulfonamides is 1. The summed E-state index contributed by atoms with van der Waals surface area (Å²) in [5.74, 6) is 0.691. The van der Waals surface area contributed by atoms with Crippen molar-refractivity contribution in [3.8, 4) is 11.5 Å². The van der Waals surface area contributed by atoms with Crippen molar-refractivity contribution in [2.45, 2.75) is 37.5 Å². The first kappa shape index (κ1) is 23.6. The minimum Gasteiger partial charge on any atom is -0.486 e. The third-order valence-electron chi connectivity index (χ3n) is 4.69. The Bertz CT molecular complexity index is 1050. The molecule has 32 heavy (non-hydrogen) atoms. The van der Waals surface area contributed by atoms with E-state index in [9.17, 15) is 18.0 Å². The van der Waals surface area contributed by atoms with Crippen LogP contribution in [0.5, 0.6) is 11.5 Å². The van der Waals surface area contributed by atoms with Crippen LogP contribution in [0, 0.1) is 0 Å². The number of amides is 2. The quantitative estimate of drug-likeness (QED) is 0.468.